The molecule has 6 nitrogen and oxygen atoms in total. The molecule has 0 aliphatic rings. The molecule has 112 valence electrons. The Hall–Kier alpha value is -2.37. The van der Waals surface area contributed by atoms with Crippen LogP contribution in [0.1, 0.15) is 35.9 Å². The molecular weight excluding hydrogens is 266 g/mol. The van der Waals surface area contributed by atoms with Gasteiger partial charge in [-0.2, -0.15) is 0 Å². The number of nitrogens with zero attached hydrogens (tertiary/aromatic N) is 4. The summed E-state index contributed by atoms with van der Waals surface area (Å²) in [7, 11) is 5.50. The minimum Gasteiger partial charge on any atom is -0.347 e. The molecule has 0 radical (unpaired) electrons. The molecule has 2 rings (SSSR count). The van der Waals surface area contributed by atoms with Crippen molar-refractivity contribution < 1.29 is 4.79 Å². The minimum atomic E-state index is -0.258. The van der Waals surface area contributed by atoms with E-state index in [0.29, 0.717) is 11.9 Å². The smallest absolute Gasteiger partial charge is 0.293 e. The van der Waals surface area contributed by atoms with Gasteiger partial charge in [0.2, 0.25) is 11.8 Å². The molecule has 0 fully saturated rings. The van der Waals surface area contributed by atoms with E-state index in [9.17, 15) is 4.79 Å². The molecule has 1 N–H and O–H groups in total. The molecule has 21 heavy (non-hydrogen) atoms. The van der Waals surface area contributed by atoms with Crippen molar-refractivity contribution in [2.75, 3.05) is 24.3 Å². The molecule has 0 saturated carbocycles. The first-order valence-electron chi connectivity index (χ1n) is 6.88. The van der Waals surface area contributed by atoms with Gasteiger partial charge in [0.05, 0.1) is 0 Å². The molecule has 0 aliphatic heterocycles. The fraction of sp³-hybridized carbons (Fsp3) is 0.400. The first-order chi connectivity index (χ1) is 9.91. The maximum atomic E-state index is 12.4. The molecule has 6 heteroatoms. The van der Waals surface area contributed by atoms with Crippen LogP contribution in [-0.4, -0.2) is 34.8 Å². The summed E-state index contributed by atoms with van der Waals surface area (Å²) in [6, 6.07) is 7.79. The highest BCUT2D eigenvalue weighted by molar-refractivity contribution is 6.02. The van der Waals surface area contributed by atoms with E-state index in [0.717, 1.165) is 11.3 Å². The molecule has 1 aromatic carbocycles. The Kier molecular flexibility index (Phi) is 4.26. The Balaban J connectivity index is 2.27. The molecule has 2 aromatic rings. The summed E-state index contributed by atoms with van der Waals surface area (Å²) in [6.07, 6.45) is 0. The highest BCUT2D eigenvalue weighted by Gasteiger charge is 2.18. The largest absolute Gasteiger partial charge is 0.347 e. The van der Waals surface area contributed by atoms with Crippen molar-refractivity contribution in [3.8, 4) is 0 Å². The first-order valence-corrected chi connectivity index (χ1v) is 6.88. The van der Waals surface area contributed by atoms with E-state index in [1.54, 1.807) is 11.6 Å². The number of anilines is 2. The topological polar surface area (TPSA) is 63.1 Å². The lowest BCUT2D eigenvalue weighted by atomic mass is 10.0. The van der Waals surface area contributed by atoms with Gasteiger partial charge in [-0.05, 0) is 17.5 Å². The molecule has 1 aromatic heterocycles. The molecule has 1 amide bonds. The van der Waals surface area contributed by atoms with Gasteiger partial charge in [-0.1, -0.05) is 32.0 Å². The third-order valence-corrected chi connectivity index (χ3v) is 3.29. The molecule has 0 bridgehead atoms. The van der Waals surface area contributed by atoms with Crippen molar-refractivity contribution in [1.29, 1.82) is 0 Å². The summed E-state index contributed by atoms with van der Waals surface area (Å²) < 4.78 is 1.67. The summed E-state index contributed by atoms with van der Waals surface area (Å²) in [5.74, 6) is 0.999. The first kappa shape index (κ1) is 15.0. The van der Waals surface area contributed by atoms with Gasteiger partial charge in [-0.3, -0.25) is 9.36 Å². The standard InChI is InChI=1S/C15H21N5O/c1-10(2)11-8-6-7-9-12(11)16-14(21)13-17-18-15(19(3)4)20(13)5/h6-10H,1-5H3,(H,16,21). The summed E-state index contributed by atoms with van der Waals surface area (Å²) in [6.45, 7) is 4.19. The Morgan fingerprint density at radius 3 is 2.48 bits per heavy atom. The van der Waals surface area contributed by atoms with E-state index < -0.39 is 0 Å². The normalized spacial score (nSPS) is 10.8. The second kappa shape index (κ2) is 5.95. The van der Waals surface area contributed by atoms with Crippen LogP contribution < -0.4 is 10.2 Å². The fourth-order valence-electron chi connectivity index (χ4n) is 2.20. The monoisotopic (exact) mass is 287 g/mol. The van der Waals surface area contributed by atoms with Crippen molar-refractivity contribution in [2.24, 2.45) is 7.05 Å². The maximum Gasteiger partial charge on any atom is 0.293 e. The summed E-state index contributed by atoms with van der Waals surface area (Å²) >= 11 is 0. The number of carbonyl (C=O) groups excluding carboxylic acids is 1. The van der Waals surface area contributed by atoms with E-state index in [1.807, 2.05) is 43.3 Å². The van der Waals surface area contributed by atoms with Crippen LogP contribution in [0.25, 0.3) is 0 Å². The summed E-state index contributed by atoms with van der Waals surface area (Å²) in [4.78, 5) is 14.2. The van der Waals surface area contributed by atoms with Crippen molar-refractivity contribution in [2.45, 2.75) is 19.8 Å². The van der Waals surface area contributed by atoms with E-state index >= 15 is 0 Å². The highest BCUT2D eigenvalue weighted by atomic mass is 16.2. The molecule has 0 unspecified atom stereocenters. The number of amides is 1. The number of nitrogens with one attached hydrogen (secondary N) is 1. The van der Waals surface area contributed by atoms with Crippen LogP contribution in [0.2, 0.25) is 0 Å². The average Bonchev–Trinajstić information content (AvgIpc) is 2.81. The maximum absolute atomic E-state index is 12.4. The van der Waals surface area contributed by atoms with E-state index in [-0.39, 0.29) is 11.7 Å². The van der Waals surface area contributed by atoms with Gasteiger partial charge in [-0.25, -0.2) is 0 Å². The fourth-order valence-corrected chi connectivity index (χ4v) is 2.20. The molecule has 0 saturated heterocycles. The van der Waals surface area contributed by atoms with Gasteiger partial charge in [-0.15, -0.1) is 10.2 Å². The van der Waals surface area contributed by atoms with E-state index in [4.69, 9.17) is 0 Å². The van der Waals surface area contributed by atoms with Crippen LogP contribution in [0.15, 0.2) is 24.3 Å². The Morgan fingerprint density at radius 2 is 1.90 bits per heavy atom. The number of carbonyl (C=O) groups is 1. The highest BCUT2D eigenvalue weighted by Crippen LogP contribution is 2.24. The SMILES string of the molecule is CC(C)c1ccccc1NC(=O)c1nnc(N(C)C)n1C. The van der Waals surface area contributed by atoms with Gasteiger partial charge in [0.25, 0.3) is 5.91 Å². The van der Waals surface area contributed by atoms with Crippen molar-refractivity contribution in [1.82, 2.24) is 14.8 Å². The molecule has 0 spiro atoms. The lowest BCUT2D eigenvalue weighted by molar-refractivity contribution is 0.101. The van der Waals surface area contributed by atoms with Crippen LogP contribution in [0.4, 0.5) is 11.6 Å². The molecule has 0 aliphatic carbocycles. The second-order valence-electron chi connectivity index (χ2n) is 5.47. The molecule has 0 atom stereocenters. The molecular formula is C15H21N5O. The lowest BCUT2D eigenvalue weighted by Gasteiger charge is -2.14. The van der Waals surface area contributed by atoms with Crippen LogP contribution in [0.5, 0.6) is 0 Å². The van der Waals surface area contributed by atoms with Gasteiger partial charge < -0.3 is 10.2 Å². The average molecular weight is 287 g/mol. The summed E-state index contributed by atoms with van der Waals surface area (Å²) in [5, 5.41) is 10.9. The zero-order chi connectivity index (χ0) is 15.6. The van der Waals surface area contributed by atoms with E-state index in [2.05, 4.69) is 29.4 Å². The van der Waals surface area contributed by atoms with Gasteiger partial charge in [0.1, 0.15) is 0 Å². The number of benzene rings is 1. The van der Waals surface area contributed by atoms with Crippen LogP contribution in [0.3, 0.4) is 0 Å². The Labute approximate surface area is 124 Å². The molecule has 1 heterocycles. The van der Waals surface area contributed by atoms with Gasteiger partial charge >= 0.3 is 0 Å². The Bertz CT molecular complexity index is 645. The minimum absolute atomic E-state index is 0.258. The van der Waals surface area contributed by atoms with Crippen LogP contribution in [-0.2, 0) is 7.05 Å². The van der Waals surface area contributed by atoms with Gasteiger partial charge in [0.15, 0.2) is 0 Å². The van der Waals surface area contributed by atoms with Crippen molar-refractivity contribution >= 4 is 17.5 Å². The zero-order valence-corrected chi connectivity index (χ0v) is 13.1. The lowest BCUT2D eigenvalue weighted by Crippen LogP contribution is -2.20. The third kappa shape index (κ3) is 3.04. The van der Waals surface area contributed by atoms with Crippen molar-refractivity contribution in [3.63, 3.8) is 0 Å². The summed E-state index contributed by atoms with van der Waals surface area (Å²) in [5.41, 5.74) is 1.91. The third-order valence-electron chi connectivity index (χ3n) is 3.29. The predicted octanol–water partition coefficient (Wildman–Crippen LogP) is 2.26. The number of para-hydroxylation sites is 1. The Morgan fingerprint density at radius 1 is 1.24 bits per heavy atom. The number of rotatable bonds is 4. The number of aromatic nitrogens is 3. The predicted molar refractivity (Wildman–Crippen MR) is 83.8 cm³/mol. The van der Waals surface area contributed by atoms with E-state index in [1.165, 1.54) is 0 Å². The second-order valence-corrected chi connectivity index (χ2v) is 5.47. The van der Waals surface area contributed by atoms with Gasteiger partial charge in [0, 0.05) is 26.8 Å². The number of hydrogen-bond donors (Lipinski definition) is 1. The number of hydrogen-bond acceptors (Lipinski definition) is 4. The quantitative estimate of drug-likeness (QED) is 0.937. The van der Waals surface area contributed by atoms with Crippen LogP contribution in [0, 0.1) is 0 Å². The van der Waals surface area contributed by atoms with Crippen molar-refractivity contribution in [3.05, 3.63) is 35.7 Å². The zero-order valence-electron chi connectivity index (χ0n) is 13.1. The van der Waals surface area contributed by atoms with Crippen LogP contribution >= 0.6 is 0 Å².